The maximum absolute atomic E-state index is 12.4. The van der Waals surface area contributed by atoms with Crippen molar-refractivity contribution >= 4 is 27.6 Å². The highest BCUT2D eigenvalue weighted by Gasteiger charge is 2.34. The molecule has 1 saturated heterocycles. The lowest BCUT2D eigenvalue weighted by atomic mass is 10.1. The Morgan fingerprint density at radius 2 is 1.93 bits per heavy atom. The highest BCUT2D eigenvalue weighted by Crippen LogP contribution is 2.17. The van der Waals surface area contributed by atoms with Crippen molar-refractivity contribution in [3.63, 3.8) is 0 Å². The van der Waals surface area contributed by atoms with Crippen molar-refractivity contribution in [2.24, 2.45) is 0 Å². The first kappa shape index (κ1) is 21.9. The number of hydrogen-bond acceptors (Lipinski definition) is 6. The van der Waals surface area contributed by atoms with Gasteiger partial charge in [0.05, 0.1) is 11.5 Å². The lowest BCUT2D eigenvalue weighted by Gasteiger charge is -2.26. The molecule has 9 heteroatoms. The topological polar surface area (TPSA) is 110 Å². The molecule has 2 rings (SSSR count). The molecule has 1 N–H and O–H groups in total. The number of sulfone groups is 1. The second kappa shape index (κ2) is 8.72. The van der Waals surface area contributed by atoms with E-state index in [2.05, 4.69) is 5.32 Å². The normalized spacial score (nSPS) is 18.9. The molecule has 0 aliphatic carbocycles. The van der Waals surface area contributed by atoms with E-state index in [1.165, 1.54) is 18.9 Å². The number of aryl methyl sites for hydroxylation is 2. The first-order valence-electron chi connectivity index (χ1n) is 9.02. The minimum absolute atomic E-state index is 0.0496. The minimum atomic E-state index is -3.12. The fourth-order valence-electron chi connectivity index (χ4n) is 2.97. The largest absolute Gasteiger partial charge is 0.451 e. The molecular weight excluding hydrogens is 384 g/mol. The van der Waals surface area contributed by atoms with Crippen LogP contribution in [0.1, 0.15) is 34.8 Å². The van der Waals surface area contributed by atoms with Crippen molar-refractivity contribution in [1.82, 2.24) is 10.2 Å². The highest BCUT2D eigenvalue weighted by molar-refractivity contribution is 7.91. The Labute approximate surface area is 165 Å². The van der Waals surface area contributed by atoms with Crippen molar-refractivity contribution in [3.05, 3.63) is 34.9 Å². The summed E-state index contributed by atoms with van der Waals surface area (Å²) in [4.78, 5) is 37.8. The zero-order valence-corrected chi connectivity index (χ0v) is 17.3. The molecule has 1 aromatic carbocycles. The molecule has 0 unspecified atom stereocenters. The lowest BCUT2D eigenvalue weighted by molar-refractivity contribution is -0.158. The summed E-state index contributed by atoms with van der Waals surface area (Å²) in [5, 5.41) is 2.47. The maximum atomic E-state index is 12.4. The number of likely N-dealkylation sites (N-methyl/N-ethyl adjacent to an activating group) is 1. The minimum Gasteiger partial charge on any atom is -0.451 e. The number of amides is 2. The summed E-state index contributed by atoms with van der Waals surface area (Å²) in [6.45, 7) is 4.88. The molecule has 8 nitrogen and oxygen atoms in total. The number of rotatable bonds is 6. The van der Waals surface area contributed by atoms with E-state index in [-0.39, 0.29) is 18.1 Å². The summed E-state index contributed by atoms with van der Waals surface area (Å²) < 4.78 is 28.2. The number of carbonyl (C=O) groups is 3. The first-order valence-corrected chi connectivity index (χ1v) is 10.8. The molecule has 1 fully saturated rings. The average Bonchev–Trinajstić information content (AvgIpc) is 3.00. The van der Waals surface area contributed by atoms with Gasteiger partial charge in [-0.25, -0.2) is 8.42 Å². The van der Waals surface area contributed by atoms with Gasteiger partial charge in [-0.1, -0.05) is 6.07 Å². The summed E-state index contributed by atoms with van der Waals surface area (Å²) in [6.07, 6.45) is -0.698. The van der Waals surface area contributed by atoms with Crippen molar-refractivity contribution in [1.29, 1.82) is 0 Å². The Morgan fingerprint density at radius 1 is 1.25 bits per heavy atom. The predicted octanol–water partition coefficient (Wildman–Crippen LogP) is 0.610. The van der Waals surface area contributed by atoms with Crippen LogP contribution in [0.4, 0.5) is 0 Å². The monoisotopic (exact) mass is 410 g/mol. The molecule has 0 aromatic heterocycles. The SMILES string of the molecule is Cc1ccc(C(=O)NCC(=O)O[C@@H](C)C(=O)N(C)[C@H]2CCS(=O)(=O)C2)cc1C. The molecule has 0 spiro atoms. The summed E-state index contributed by atoms with van der Waals surface area (Å²) >= 11 is 0. The van der Waals surface area contributed by atoms with Gasteiger partial charge >= 0.3 is 5.97 Å². The zero-order valence-electron chi connectivity index (χ0n) is 16.5. The number of nitrogens with zero attached hydrogens (tertiary/aromatic N) is 1. The first-order chi connectivity index (χ1) is 13.0. The van der Waals surface area contributed by atoms with Gasteiger partial charge in [0.1, 0.15) is 6.54 Å². The Kier molecular flexibility index (Phi) is 6.82. The molecule has 0 radical (unpaired) electrons. The van der Waals surface area contributed by atoms with Crippen LogP contribution in [0.15, 0.2) is 18.2 Å². The van der Waals surface area contributed by atoms with E-state index in [4.69, 9.17) is 4.74 Å². The Bertz CT molecular complexity index is 880. The van der Waals surface area contributed by atoms with Crippen LogP contribution in [0.3, 0.4) is 0 Å². The van der Waals surface area contributed by atoms with Gasteiger partial charge in [-0.05, 0) is 50.5 Å². The van der Waals surface area contributed by atoms with E-state index in [0.717, 1.165) is 11.1 Å². The third-order valence-electron chi connectivity index (χ3n) is 4.92. The van der Waals surface area contributed by atoms with Gasteiger partial charge in [-0.3, -0.25) is 14.4 Å². The molecule has 1 aliphatic rings. The molecule has 1 aromatic rings. The summed E-state index contributed by atoms with van der Waals surface area (Å²) in [7, 11) is -1.62. The quantitative estimate of drug-likeness (QED) is 0.688. The van der Waals surface area contributed by atoms with Gasteiger partial charge in [0.2, 0.25) is 0 Å². The van der Waals surface area contributed by atoms with Crippen molar-refractivity contribution in [2.75, 3.05) is 25.1 Å². The molecule has 0 saturated carbocycles. The predicted molar refractivity (Wildman–Crippen MR) is 104 cm³/mol. The van der Waals surface area contributed by atoms with E-state index >= 15 is 0 Å². The molecule has 1 aliphatic heterocycles. The second-order valence-corrected chi connectivity index (χ2v) is 9.35. The standard InChI is InChI=1S/C19H26N2O6S/c1-12-5-6-15(9-13(12)2)18(23)20-10-17(22)27-14(3)19(24)21(4)16-7-8-28(25,26)11-16/h5-6,9,14,16H,7-8,10-11H2,1-4H3,(H,20,23)/t14-,16-/m0/s1. The van der Waals surface area contributed by atoms with Gasteiger partial charge in [0, 0.05) is 18.7 Å². The molecule has 28 heavy (non-hydrogen) atoms. The number of nitrogens with one attached hydrogen (secondary N) is 1. The van der Waals surface area contributed by atoms with Crippen molar-refractivity contribution in [3.8, 4) is 0 Å². The Morgan fingerprint density at radius 3 is 2.50 bits per heavy atom. The van der Waals surface area contributed by atoms with Crippen LogP contribution in [0.2, 0.25) is 0 Å². The number of benzene rings is 1. The molecule has 2 atom stereocenters. The van der Waals surface area contributed by atoms with E-state index in [1.807, 2.05) is 19.9 Å². The fraction of sp³-hybridized carbons (Fsp3) is 0.526. The summed E-state index contributed by atoms with van der Waals surface area (Å²) in [5.74, 6) is -1.66. The Hall–Kier alpha value is -2.42. The second-order valence-electron chi connectivity index (χ2n) is 7.12. The van der Waals surface area contributed by atoms with Gasteiger partial charge in [-0.15, -0.1) is 0 Å². The van der Waals surface area contributed by atoms with E-state index in [9.17, 15) is 22.8 Å². The van der Waals surface area contributed by atoms with E-state index < -0.39 is 39.8 Å². The summed E-state index contributed by atoms with van der Waals surface area (Å²) in [6, 6.07) is 4.80. The van der Waals surface area contributed by atoms with Crippen LogP contribution in [-0.2, 0) is 24.2 Å². The zero-order chi connectivity index (χ0) is 21.1. The summed E-state index contributed by atoms with van der Waals surface area (Å²) in [5.41, 5.74) is 2.45. The highest BCUT2D eigenvalue weighted by atomic mass is 32.2. The van der Waals surface area contributed by atoms with E-state index in [0.29, 0.717) is 12.0 Å². The van der Waals surface area contributed by atoms with Crippen LogP contribution in [-0.4, -0.2) is 68.3 Å². The van der Waals surface area contributed by atoms with Crippen LogP contribution in [0.25, 0.3) is 0 Å². The number of carbonyl (C=O) groups excluding carboxylic acids is 3. The van der Waals surface area contributed by atoms with Crippen LogP contribution >= 0.6 is 0 Å². The Balaban J connectivity index is 1.83. The maximum Gasteiger partial charge on any atom is 0.326 e. The smallest absolute Gasteiger partial charge is 0.326 e. The third-order valence-corrected chi connectivity index (χ3v) is 6.67. The van der Waals surface area contributed by atoms with E-state index in [1.54, 1.807) is 12.1 Å². The molecule has 1 heterocycles. The van der Waals surface area contributed by atoms with Crippen LogP contribution in [0.5, 0.6) is 0 Å². The lowest BCUT2D eigenvalue weighted by Crippen LogP contribution is -2.44. The van der Waals surface area contributed by atoms with Crippen LogP contribution in [0, 0.1) is 13.8 Å². The number of hydrogen-bond donors (Lipinski definition) is 1. The van der Waals surface area contributed by atoms with Crippen molar-refractivity contribution < 1.29 is 27.5 Å². The van der Waals surface area contributed by atoms with Gasteiger partial charge in [-0.2, -0.15) is 0 Å². The molecule has 154 valence electrons. The van der Waals surface area contributed by atoms with Gasteiger partial charge < -0.3 is 15.0 Å². The third kappa shape index (κ3) is 5.54. The molecule has 2 amide bonds. The van der Waals surface area contributed by atoms with Crippen LogP contribution < -0.4 is 5.32 Å². The fourth-order valence-corrected chi connectivity index (χ4v) is 4.75. The number of esters is 1. The van der Waals surface area contributed by atoms with Gasteiger partial charge in [0.25, 0.3) is 11.8 Å². The molecular formula is C19H26N2O6S. The average molecular weight is 410 g/mol. The van der Waals surface area contributed by atoms with Crippen molar-refractivity contribution in [2.45, 2.75) is 39.3 Å². The number of ether oxygens (including phenoxy) is 1. The van der Waals surface area contributed by atoms with Gasteiger partial charge in [0.15, 0.2) is 15.9 Å². The molecule has 0 bridgehead atoms.